The summed E-state index contributed by atoms with van der Waals surface area (Å²) < 4.78 is 5.48. The Morgan fingerprint density at radius 1 is 1.55 bits per heavy atom. The number of aryl methyl sites for hydroxylation is 1. The monoisotopic (exact) mass is 292 g/mol. The highest BCUT2D eigenvalue weighted by atomic mass is 32.2. The van der Waals surface area contributed by atoms with E-state index in [9.17, 15) is 4.79 Å². The summed E-state index contributed by atoms with van der Waals surface area (Å²) in [4.78, 5) is 18.6. The van der Waals surface area contributed by atoms with Crippen LogP contribution in [0.4, 0.5) is 0 Å². The van der Waals surface area contributed by atoms with Crippen LogP contribution < -0.4 is 0 Å². The summed E-state index contributed by atoms with van der Waals surface area (Å²) in [7, 11) is 0. The topological polar surface area (TPSA) is 75.2 Å². The SMILES string of the molecule is Cc1ccc2nc(SCC3CCC(C(=O)O)O3)[nH]c2c1. The Morgan fingerprint density at radius 2 is 2.40 bits per heavy atom. The van der Waals surface area contributed by atoms with Crippen LogP contribution in [0.5, 0.6) is 0 Å². The van der Waals surface area contributed by atoms with Gasteiger partial charge in [0.2, 0.25) is 0 Å². The van der Waals surface area contributed by atoms with E-state index in [1.54, 1.807) is 11.8 Å². The molecule has 0 spiro atoms. The first-order chi connectivity index (χ1) is 9.61. The zero-order chi connectivity index (χ0) is 14.1. The zero-order valence-electron chi connectivity index (χ0n) is 11.1. The number of nitrogens with zero attached hydrogens (tertiary/aromatic N) is 1. The molecule has 0 radical (unpaired) electrons. The summed E-state index contributed by atoms with van der Waals surface area (Å²) in [6, 6.07) is 6.10. The number of benzene rings is 1. The van der Waals surface area contributed by atoms with Crippen molar-refractivity contribution < 1.29 is 14.6 Å². The van der Waals surface area contributed by atoms with Crippen LogP contribution in [0.25, 0.3) is 11.0 Å². The van der Waals surface area contributed by atoms with Gasteiger partial charge >= 0.3 is 5.97 Å². The Balaban J connectivity index is 1.61. The summed E-state index contributed by atoms with van der Waals surface area (Å²) in [5, 5.41) is 9.74. The first-order valence-corrected chi connectivity index (χ1v) is 7.58. The molecule has 20 heavy (non-hydrogen) atoms. The number of fused-ring (bicyclic) bond motifs is 1. The van der Waals surface area contributed by atoms with E-state index in [1.165, 1.54) is 5.56 Å². The molecule has 1 saturated heterocycles. The lowest BCUT2D eigenvalue weighted by Gasteiger charge is -2.09. The van der Waals surface area contributed by atoms with Crippen LogP contribution in [0.2, 0.25) is 0 Å². The molecule has 0 saturated carbocycles. The number of rotatable bonds is 4. The number of aromatic amines is 1. The van der Waals surface area contributed by atoms with Gasteiger partial charge in [-0.3, -0.25) is 0 Å². The van der Waals surface area contributed by atoms with E-state index in [0.717, 1.165) is 28.4 Å². The average molecular weight is 292 g/mol. The molecule has 1 aromatic carbocycles. The van der Waals surface area contributed by atoms with Crippen LogP contribution in [0, 0.1) is 6.92 Å². The van der Waals surface area contributed by atoms with Crippen LogP contribution in [-0.4, -0.2) is 39.0 Å². The lowest BCUT2D eigenvalue weighted by Crippen LogP contribution is -2.21. The fourth-order valence-corrected chi connectivity index (χ4v) is 3.28. The van der Waals surface area contributed by atoms with Crippen molar-refractivity contribution in [1.82, 2.24) is 9.97 Å². The molecule has 0 amide bonds. The molecule has 2 heterocycles. The number of hydrogen-bond donors (Lipinski definition) is 2. The number of carbonyl (C=O) groups is 1. The van der Waals surface area contributed by atoms with Gasteiger partial charge in [0.05, 0.1) is 17.1 Å². The van der Waals surface area contributed by atoms with Crippen LogP contribution in [0.15, 0.2) is 23.4 Å². The first kappa shape index (κ1) is 13.5. The van der Waals surface area contributed by atoms with Gasteiger partial charge in [0.25, 0.3) is 0 Å². The standard InChI is InChI=1S/C14H16N2O3S/c1-8-2-4-10-11(6-8)16-14(15-10)20-7-9-3-5-12(19-9)13(17)18/h2,4,6,9,12H,3,5,7H2,1H3,(H,15,16)(H,17,18). The minimum absolute atomic E-state index is 0.00366. The van der Waals surface area contributed by atoms with Crippen LogP contribution in [0.1, 0.15) is 18.4 Å². The zero-order valence-corrected chi connectivity index (χ0v) is 11.9. The average Bonchev–Trinajstić information content (AvgIpc) is 3.01. The Hall–Kier alpha value is -1.53. The predicted molar refractivity (Wildman–Crippen MR) is 77.1 cm³/mol. The van der Waals surface area contributed by atoms with Gasteiger partial charge in [0.1, 0.15) is 0 Å². The molecule has 2 aromatic rings. The maximum Gasteiger partial charge on any atom is 0.332 e. The van der Waals surface area contributed by atoms with Crippen molar-refractivity contribution in [3.63, 3.8) is 0 Å². The molecule has 3 rings (SSSR count). The maximum atomic E-state index is 10.8. The normalized spacial score (nSPS) is 22.4. The lowest BCUT2D eigenvalue weighted by molar-refractivity contribution is -0.148. The molecule has 6 heteroatoms. The van der Waals surface area contributed by atoms with Crippen molar-refractivity contribution in [3.05, 3.63) is 23.8 Å². The summed E-state index contributed by atoms with van der Waals surface area (Å²) in [6.45, 7) is 2.05. The van der Waals surface area contributed by atoms with E-state index in [-0.39, 0.29) is 6.10 Å². The second-order valence-corrected chi connectivity index (χ2v) is 6.04. The highest BCUT2D eigenvalue weighted by molar-refractivity contribution is 7.99. The molecule has 2 unspecified atom stereocenters. The lowest BCUT2D eigenvalue weighted by atomic mass is 10.2. The number of thioether (sulfide) groups is 1. The second kappa shape index (κ2) is 5.46. The molecule has 106 valence electrons. The van der Waals surface area contributed by atoms with Gasteiger partial charge in [-0.05, 0) is 37.5 Å². The van der Waals surface area contributed by atoms with Gasteiger partial charge in [-0.2, -0.15) is 0 Å². The number of aliphatic carboxylic acids is 1. The third-order valence-electron chi connectivity index (χ3n) is 3.40. The number of hydrogen-bond acceptors (Lipinski definition) is 4. The fraction of sp³-hybridized carbons (Fsp3) is 0.429. The number of nitrogens with one attached hydrogen (secondary N) is 1. The van der Waals surface area contributed by atoms with Crippen molar-refractivity contribution in [1.29, 1.82) is 0 Å². The van der Waals surface area contributed by atoms with Crippen LogP contribution in [0.3, 0.4) is 0 Å². The van der Waals surface area contributed by atoms with Gasteiger partial charge in [-0.15, -0.1) is 0 Å². The molecule has 2 N–H and O–H groups in total. The quantitative estimate of drug-likeness (QED) is 0.847. The molecule has 1 fully saturated rings. The molecule has 2 atom stereocenters. The summed E-state index contributed by atoms with van der Waals surface area (Å²) in [5.41, 5.74) is 3.18. The van der Waals surface area contributed by atoms with E-state index in [1.807, 2.05) is 19.1 Å². The molecule has 0 aliphatic carbocycles. The van der Waals surface area contributed by atoms with E-state index in [2.05, 4.69) is 16.0 Å². The molecular formula is C14H16N2O3S. The molecular weight excluding hydrogens is 276 g/mol. The van der Waals surface area contributed by atoms with E-state index in [4.69, 9.17) is 9.84 Å². The smallest absolute Gasteiger partial charge is 0.332 e. The third-order valence-corrected chi connectivity index (χ3v) is 4.41. The summed E-state index contributed by atoms with van der Waals surface area (Å²) in [6.07, 6.45) is 0.749. The Bertz CT molecular complexity index is 640. The Morgan fingerprint density at radius 3 is 3.15 bits per heavy atom. The number of carboxylic acid groups (broad SMARTS) is 1. The molecule has 0 bridgehead atoms. The van der Waals surface area contributed by atoms with Crippen molar-refractivity contribution in [3.8, 4) is 0 Å². The molecule has 1 aliphatic rings. The highest BCUT2D eigenvalue weighted by Crippen LogP contribution is 2.27. The minimum atomic E-state index is -0.864. The fourth-order valence-electron chi connectivity index (χ4n) is 2.35. The van der Waals surface area contributed by atoms with Crippen molar-refractivity contribution >= 4 is 28.8 Å². The third kappa shape index (κ3) is 2.81. The van der Waals surface area contributed by atoms with Gasteiger partial charge in [0, 0.05) is 5.75 Å². The van der Waals surface area contributed by atoms with E-state index in [0.29, 0.717) is 6.42 Å². The number of imidazole rings is 1. The predicted octanol–water partition coefficient (Wildman–Crippen LogP) is 2.60. The molecule has 1 aromatic heterocycles. The summed E-state index contributed by atoms with van der Waals surface area (Å²) >= 11 is 1.58. The van der Waals surface area contributed by atoms with Crippen LogP contribution in [-0.2, 0) is 9.53 Å². The van der Waals surface area contributed by atoms with E-state index >= 15 is 0 Å². The van der Waals surface area contributed by atoms with Crippen molar-refractivity contribution in [2.45, 2.75) is 37.1 Å². The van der Waals surface area contributed by atoms with Gasteiger partial charge < -0.3 is 14.8 Å². The largest absolute Gasteiger partial charge is 0.479 e. The number of ether oxygens (including phenoxy) is 1. The minimum Gasteiger partial charge on any atom is -0.479 e. The molecule has 5 nitrogen and oxygen atoms in total. The second-order valence-electron chi connectivity index (χ2n) is 5.04. The van der Waals surface area contributed by atoms with Crippen molar-refractivity contribution in [2.24, 2.45) is 0 Å². The van der Waals surface area contributed by atoms with Gasteiger partial charge in [0.15, 0.2) is 11.3 Å². The number of H-pyrrole nitrogens is 1. The van der Waals surface area contributed by atoms with Crippen molar-refractivity contribution in [2.75, 3.05) is 5.75 Å². The highest BCUT2D eigenvalue weighted by Gasteiger charge is 2.30. The van der Waals surface area contributed by atoms with Gasteiger partial charge in [-0.25, -0.2) is 9.78 Å². The summed E-state index contributed by atoms with van der Waals surface area (Å²) in [5.74, 6) is -0.139. The van der Waals surface area contributed by atoms with Gasteiger partial charge in [-0.1, -0.05) is 17.8 Å². The Kier molecular flexibility index (Phi) is 3.67. The maximum absolute atomic E-state index is 10.8. The number of carboxylic acids is 1. The van der Waals surface area contributed by atoms with E-state index < -0.39 is 12.1 Å². The Labute approximate surface area is 120 Å². The molecule has 1 aliphatic heterocycles. The van der Waals surface area contributed by atoms with Crippen LogP contribution >= 0.6 is 11.8 Å². The first-order valence-electron chi connectivity index (χ1n) is 6.59. The number of aromatic nitrogens is 2.